The first-order valence-corrected chi connectivity index (χ1v) is 9.67. The molecule has 1 aliphatic rings. The van der Waals surface area contributed by atoms with Crippen LogP contribution in [0.5, 0.6) is 5.75 Å². The number of nitrogens with one attached hydrogen (secondary N) is 1. The largest absolute Gasteiger partial charge is 0.508 e. The lowest BCUT2D eigenvalue weighted by molar-refractivity contribution is 0.345. The van der Waals surface area contributed by atoms with E-state index in [2.05, 4.69) is 66.3 Å². The van der Waals surface area contributed by atoms with Crippen molar-refractivity contribution in [1.29, 1.82) is 0 Å². The Morgan fingerprint density at radius 2 is 1.92 bits per heavy atom. The average molecular weight is 401 g/mol. The third-order valence-corrected chi connectivity index (χ3v) is 5.25. The van der Waals surface area contributed by atoms with E-state index in [0.29, 0.717) is 11.7 Å². The maximum absolute atomic E-state index is 10.3. The van der Waals surface area contributed by atoms with Crippen molar-refractivity contribution in [3.63, 3.8) is 0 Å². The standard InChI is InChI=1S/C21H25BrN2O/c1-4-14-5-7-15(8-6-14)18-12-19(24-21(23-18)13(2)3)17-11-16(22)9-10-20(17)25/h5-11,13,19,21,24-25H,4,12H2,1-3H3/t19-,21-/m0/s1. The molecule has 0 saturated heterocycles. The van der Waals surface area contributed by atoms with Gasteiger partial charge in [0.2, 0.25) is 0 Å². The second-order valence-corrected chi connectivity index (χ2v) is 7.86. The number of hydrogen-bond donors (Lipinski definition) is 2. The molecule has 0 saturated carbocycles. The van der Waals surface area contributed by atoms with Crippen LogP contribution >= 0.6 is 15.9 Å². The Kier molecular flexibility index (Phi) is 5.60. The van der Waals surface area contributed by atoms with Crippen LogP contribution in [0.1, 0.15) is 49.9 Å². The van der Waals surface area contributed by atoms with Gasteiger partial charge in [-0.15, -0.1) is 0 Å². The van der Waals surface area contributed by atoms with Crippen LogP contribution < -0.4 is 5.32 Å². The third-order valence-electron chi connectivity index (χ3n) is 4.76. The Hall–Kier alpha value is -1.65. The Balaban J connectivity index is 1.95. The second kappa shape index (κ2) is 7.71. The fourth-order valence-electron chi connectivity index (χ4n) is 3.19. The summed E-state index contributed by atoms with van der Waals surface area (Å²) >= 11 is 3.51. The first-order chi connectivity index (χ1) is 12.0. The van der Waals surface area contributed by atoms with Crippen LogP contribution in [0.25, 0.3) is 0 Å². The second-order valence-electron chi connectivity index (χ2n) is 6.94. The van der Waals surface area contributed by atoms with E-state index in [1.165, 1.54) is 11.1 Å². The smallest absolute Gasteiger partial charge is 0.120 e. The van der Waals surface area contributed by atoms with Crippen molar-refractivity contribution >= 4 is 21.6 Å². The van der Waals surface area contributed by atoms with Gasteiger partial charge in [0, 0.05) is 28.2 Å². The van der Waals surface area contributed by atoms with Crippen LogP contribution in [0.2, 0.25) is 0 Å². The third kappa shape index (κ3) is 4.13. The quantitative estimate of drug-likeness (QED) is 0.738. The number of phenols is 1. The summed E-state index contributed by atoms with van der Waals surface area (Å²) in [6.07, 6.45) is 1.84. The van der Waals surface area contributed by atoms with Gasteiger partial charge in [-0.05, 0) is 41.7 Å². The molecule has 0 unspecified atom stereocenters. The van der Waals surface area contributed by atoms with Gasteiger partial charge in [0.15, 0.2) is 0 Å². The lowest BCUT2D eigenvalue weighted by atomic mass is 9.92. The number of aromatic hydroxyl groups is 1. The predicted molar refractivity (Wildman–Crippen MR) is 107 cm³/mol. The van der Waals surface area contributed by atoms with Crippen LogP contribution in [-0.2, 0) is 6.42 Å². The number of benzene rings is 2. The highest BCUT2D eigenvalue weighted by molar-refractivity contribution is 9.10. The maximum atomic E-state index is 10.3. The molecule has 25 heavy (non-hydrogen) atoms. The molecule has 132 valence electrons. The van der Waals surface area contributed by atoms with Crippen LogP contribution in [0, 0.1) is 5.92 Å². The van der Waals surface area contributed by atoms with Crippen LogP contribution in [-0.4, -0.2) is 17.0 Å². The zero-order chi connectivity index (χ0) is 18.0. The first-order valence-electron chi connectivity index (χ1n) is 8.88. The molecule has 4 heteroatoms. The van der Waals surface area contributed by atoms with Crippen molar-refractivity contribution < 1.29 is 5.11 Å². The number of rotatable bonds is 4. The van der Waals surface area contributed by atoms with Crippen molar-refractivity contribution in [2.75, 3.05) is 0 Å². The Labute approximate surface area is 158 Å². The van der Waals surface area contributed by atoms with E-state index in [0.717, 1.165) is 28.6 Å². The highest BCUT2D eigenvalue weighted by Gasteiger charge is 2.28. The summed E-state index contributed by atoms with van der Waals surface area (Å²) in [5, 5.41) is 13.9. The van der Waals surface area contributed by atoms with Crippen LogP contribution in [0.15, 0.2) is 51.9 Å². The number of nitrogens with zero attached hydrogens (tertiary/aromatic N) is 1. The van der Waals surface area contributed by atoms with E-state index in [4.69, 9.17) is 4.99 Å². The molecule has 2 aromatic carbocycles. The fraction of sp³-hybridized carbons (Fsp3) is 0.381. The minimum atomic E-state index is 0.0398. The lowest BCUT2D eigenvalue weighted by Crippen LogP contribution is -2.41. The van der Waals surface area contributed by atoms with Crippen molar-refractivity contribution in [3.8, 4) is 5.75 Å². The maximum Gasteiger partial charge on any atom is 0.120 e. The van der Waals surface area contributed by atoms with E-state index in [1.54, 1.807) is 6.07 Å². The fourth-order valence-corrected chi connectivity index (χ4v) is 3.57. The highest BCUT2D eigenvalue weighted by Crippen LogP contribution is 2.33. The first kappa shape index (κ1) is 18.2. The van der Waals surface area contributed by atoms with Crippen molar-refractivity contribution in [2.24, 2.45) is 10.9 Å². The highest BCUT2D eigenvalue weighted by atomic mass is 79.9. The number of aliphatic imine (C=N–C) groups is 1. The van der Waals surface area contributed by atoms with E-state index in [1.807, 2.05) is 12.1 Å². The molecular weight excluding hydrogens is 376 g/mol. The summed E-state index contributed by atoms with van der Waals surface area (Å²) in [6, 6.07) is 14.3. The van der Waals surface area contributed by atoms with E-state index in [-0.39, 0.29) is 12.2 Å². The van der Waals surface area contributed by atoms with Gasteiger partial charge in [0.05, 0.1) is 0 Å². The number of halogens is 1. The molecule has 0 radical (unpaired) electrons. The summed E-state index contributed by atoms with van der Waals surface area (Å²) in [7, 11) is 0. The van der Waals surface area contributed by atoms with Gasteiger partial charge in [-0.3, -0.25) is 10.3 Å². The molecule has 2 N–H and O–H groups in total. The molecule has 3 nitrogen and oxygen atoms in total. The molecule has 3 rings (SSSR count). The lowest BCUT2D eigenvalue weighted by Gasteiger charge is -2.32. The van der Waals surface area contributed by atoms with Gasteiger partial charge >= 0.3 is 0 Å². The summed E-state index contributed by atoms with van der Waals surface area (Å²) in [6.45, 7) is 6.50. The van der Waals surface area contributed by atoms with E-state index < -0.39 is 0 Å². The minimum absolute atomic E-state index is 0.0398. The summed E-state index contributed by atoms with van der Waals surface area (Å²) < 4.78 is 0.972. The van der Waals surface area contributed by atoms with Gasteiger partial charge in [-0.1, -0.05) is 61.0 Å². The topological polar surface area (TPSA) is 44.6 Å². The van der Waals surface area contributed by atoms with Gasteiger partial charge < -0.3 is 5.11 Å². The van der Waals surface area contributed by atoms with E-state index >= 15 is 0 Å². The molecule has 2 atom stereocenters. The van der Waals surface area contributed by atoms with Gasteiger partial charge in [0.1, 0.15) is 11.9 Å². The molecule has 0 bridgehead atoms. The Bertz CT molecular complexity index is 768. The summed E-state index contributed by atoms with van der Waals surface area (Å²) in [5.74, 6) is 0.702. The van der Waals surface area contributed by atoms with E-state index in [9.17, 15) is 5.11 Å². The van der Waals surface area contributed by atoms with Gasteiger partial charge in [0.25, 0.3) is 0 Å². The Morgan fingerprint density at radius 3 is 2.56 bits per heavy atom. The number of phenolic OH excluding ortho intramolecular Hbond substituents is 1. The number of aryl methyl sites for hydroxylation is 1. The van der Waals surface area contributed by atoms with Crippen molar-refractivity contribution in [2.45, 2.75) is 45.8 Å². The molecular formula is C21H25BrN2O. The van der Waals surface area contributed by atoms with Crippen molar-refractivity contribution in [3.05, 3.63) is 63.6 Å². The number of hydrogen-bond acceptors (Lipinski definition) is 3. The van der Waals surface area contributed by atoms with Crippen LogP contribution in [0.4, 0.5) is 0 Å². The Morgan fingerprint density at radius 1 is 1.20 bits per heavy atom. The van der Waals surface area contributed by atoms with Gasteiger partial charge in [-0.2, -0.15) is 0 Å². The predicted octanol–water partition coefficient (Wildman–Crippen LogP) is 5.22. The van der Waals surface area contributed by atoms with Gasteiger partial charge in [-0.25, -0.2) is 0 Å². The monoisotopic (exact) mass is 400 g/mol. The normalized spacial score (nSPS) is 20.6. The van der Waals surface area contributed by atoms with Crippen LogP contribution in [0.3, 0.4) is 0 Å². The molecule has 0 fully saturated rings. The molecule has 1 heterocycles. The molecule has 1 aliphatic heterocycles. The minimum Gasteiger partial charge on any atom is -0.508 e. The summed E-state index contributed by atoms with van der Waals surface area (Å²) in [5.41, 5.74) is 4.52. The molecule has 0 aromatic heterocycles. The molecule has 0 aliphatic carbocycles. The summed E-state index contributed by atoms with van der Waals surface area (Å²) in [4.78, 5) is 4.95. The molecule has 0 spiro atoms. The average Bonchev–Trinajstić information content (AvgIpc) is 2.63. The molecule has 0 amide bonds. The zero-order valence-corrected chi connectivity index (χ0v) is 16.5. The zero-order valence-electron chi connectivity index (χ0n) is 15.0. The SMILES string of the molecule is CCc1ccc(C2=N[C@H](C(C)C)N[C@H](c3cc(Br)ccc3O)C2)cc1. The molecule has 2 aromatic rings. The van der Waals surface area contributed by atoms with Crippen molar-refractivity contribution in [1.82, 2.24) is 5.32 Å².